The topological polar surface area (TPSA) is 49.2 Å². The summed E-state index contributed by atoms with van der Waals surface area (Å²) in [5.41, 5.74) is 4.32. The molecule has 3 aromatic heterocycles. The molecule has 1 aliphatic carbocycles. The molecule has 5 nitrogen and oxygen atoms in total. The normalized spacial score (nSPS) is 26.4. The van der Waals surface area contributed by atoms with Crippen LogP contribution in [-0.4, -0.2) is 44.4 Å². The summed E-state index contributed by atoms with van der Waals surface area (Å²) in [6.07, 6.45) is 8.30. The highest BCUT2D eigenvalue weighted by Crippen LogP contribution is 2.41. The second-order valence-electron chi connectivity index (χ2n) is 6.52. The molecule has 5 heteroatoms. The molecule has 0 amide bonds. The number of nitrogens with zero attached hydrogens (tertiary/aromatic N) is 4. The van der Waals surface area contributed by atoms with E-state index in [1.807, 2.05) is 18.6 Å². The maximum Gasteiger partial charge on any atom is 0.156 e. The van der Waals surface area contributed by atoms with Crippen LogP contribution in [0.25, 0.3) is 16.8 Å². The molecule has 4 rings (SSSR count). The van der Waals surface area contributed by atoms with Crippen molar-refractivity contribution >= 4 is 16.8 Å². The predicted octanol–water partition coefficient (Wildman–Crippen LogP) is 2.65. The Morgan fingerprint density at radius 2 is 2.10 bits per heavy atom. The lowest BCUT2D eigenvalue weighted by molar-refractivity contribution is 0.292. The molecule has 110 valence electrons. The summed E-state index contributed by atoms with van der Waals surface area (Å²) < 4.78 is 2.28. The van der Waals surface area contributed by atoms with Crippen LogP contribution in [0.5, 0.6) is 0 Å². The molecule has 3 aromatic rings. The molecule has 3 heterocycles. The first-order valence-electron chi connectivity index (χ1n) is 7.61. The van der Waals surface area contributed by atoms with Gasteiger partial charge in [0.2, 0.25) is 0 Å². The molecule has 1 fully saturated rings. The van der Waals surface area contributed by atoms with Gasteiger partial charge in [-0.25, -0.2) is 9.97 Å². The second kappa shape index (κ2) is 4.56. The van der Waals surface area contributed by atoms with Gasteiger partial charge in [0.25, 0.3) is 0 Å². The zero-order chi connectivity index (χ0) is 14.6. The Kier molecular flexibility index (Phi) is 2.79. The molecule has 0 saturated heterocycles. The van der Waals surface area contributed by atoms with Gasteiger partial charge in [0.15, 0.2) is 11.3 Å². The minimum Gasteiger partial charge on any atom is -0.345 e. The van der Waals surface area contributed by atoms with Crippen LogP contribution in [0.3, 0.4) is 0 Å². The highest BCUT2D eigenvalue weighted by atomic mass is 15.1. The Morgan fingerprint density at radius 3 is 2.86 bits per heavy atom. The average molecular weight is 283 g/mol. The van der Waals surface area contributed by atoms with Gasteiger partial charge in [-0.3, -0.25) is 4.40 Å². The van der Waals surface area contributed by atoms with Crippen LogP contribution < -0.4 is 0 Å². The fourth-order valence-corrected chi connectivity index (χ4v) is 3.80. The molecule has 0 aliphatic heterocycles. The largest absolute Gasteiger partial charge is 0.345 e. The third-order valence-corrected chi connectivity index (χ3v) is 5.04. The number of aromatic amines is 1. The van der Waals surface area contributed by atoms with Crippen molar-refractivity contribution in [2.24, 2.45) is 5.92 Å². The summed E-state index contributed by atoms with van der Waals surface area (Å²) in [6.45, 7) is 2.36. The summed E-state index contributed by atoms with van der Waals surface area (Å²) in [5, 5.41) is 0. The van der Waals surface area contributed by atoms with E-state index in [1.54, 1.807) is 0 Å². The van der Waals surface area contributed by atoms with Crippen LogP contribution in [0.15, 0.2) is 24.7 Å². The van der Waals surface area contributed by atoms with E-state index in [2.05, 4.69) is 51.3 Å². The lowest BCUT2D eigenvalue weighted by Crippen LogP contribution is -2.24. The number of imidazole rings is 1. The summed E-state index contributed by atoms with van der Waals surface area (Å²) in [5.74, 6) is 1.24. The minimum atomic E-state index is 0.563. The summed E-state index contributed by atoms with van der Waals surface area (Å²) in [7, 11) is 4.37. The van der Waals surface area contributed by atoms with Gasteiger partial charge in [0, 0.05) is 30.0 Å². The smallest absolute Gasteiger partial charge is 0.156 e. The van der Waals surface area contributed by atoms with Gasteiger partial charge in [0.05, 0.1) is 11.7 Å². The summed E-state index contributed by atoms with van der Waals surface area (Å²) >= 11 is 0. The van der Waals surface area contributed by atoms with E-state index in [0.29, 0.717) is 17.9 Å². The SMILES string of the molecule is C[C@@H]1C[C@H](N(C)C)C[C@@H]1c1cnc2cnc3[nH]ccc3n12. The Morgan fingerprint density at radius 1 is 1.24 bits per heavy atom. The monoisotopic (exact) mass is 283 g/mol. The molecule has 1 aliphatic rings. The lowest BCUT2D eigenvalue weighted by Gasteiger charge is -2.18. The molecule has 1 N–H and O–H groups in total. The van der Waals surface area contributed by atoms with E-state index in [0.717, 1.165) is 16.8 Å². The van der Waals surface area contributed by atoms with E-state index < -0.39 is 0 Å². The standard InChI is InChI=1S/C16H21N5/c1-10-6-11(20(2)3)7-12(10)14-8-18-15-9-19-16-13(21(14)15)4-5-17-16/h4-5,8-12,17H,6-7H2,1-3H3/t10-,11+,12+/m1/s1. The first-order chi connectivity index (χ1) is 10.1. The highest BCUT2D eigenvalue weighted by Gasteiger charge is 2.35. The van der Waals surface area contributed by atoms with E-state index in [4.69, 9.17) is 0 Å². The first-order valence-corrected chi connectivity index (χ1v) is 7.61. The molecule has 0 aromatic carbocycles. The average Bonchev–Trinajstić information content (AvgIpc) is 3.13. The zero-order valence-electron chi connectivity index (χ0n) is 12.7. The zero-order valence-corrected chi connectivity index (χ0v) is 12.7. The number of nitrogens with one attached hydrogen (secondary N) is 1. The Balaban J connectivity index is 1.85. The maximum atomic E-state index is 4.57. The summed E-state index contributed by atoms with van der Waals surface area (Å²) in [4.78, 5) is 14.5. The molecule has 3 atom stereocenters. The van der Waals surface area contributed by atoms with Crippen molar-refractivity contribution in [3.8, 4) is 0 Å². The second-order valence-corrected chi connectivity index (χ2v) is 6.52. The highest BCUT2D eigenvalue weighted by molar-refractivity contribution is 5.74. The molecule has 0 unspecified atom stereocenters. The van der Waals surface area contributed by atoms with E-state index in [1.165, 1.54) is 18.5 Å². The number of aromatic nitrogens is 4. The van der Waals surface area contributed by atoms with Gasteiger partial charge in [-0.1, -0.05) is 6.92 Å². The Hall–Kier alpha value is -1.88. The molecular formula is C16H21N5. The molecule has 1 saturated carbocycles. The lowest BCUT2D eigenvalue weighted by atomic mass is 9.95. The maximum absolute atomic E-state index is 4.57. The number of hydrogen-bond acceptors (Lipinski definition) is 3. The number of H-pyrrole nitrogens is 1. The number of fused-ring (bicyclic) bond motifs is 3. The molecule has 21 heavy (non-hydrogen) atoms. The third kappa shape index (κ3) is 1.87. The van der Waals surface area contributed by atoms with Crippen LogP contribution in [0, 0.1) is 5.92 Å². The number of rotatable bonds is 2. The van der Waals surface area contributed by atoms with Crippen LogP contribution in [0.2, 0.25) is 0 Å². The van der Waals surface area contributed by atoms with E-state index in [9.17, 15) is 0 Å². The van der Waals surface area contributed by atoms with E-state index in [-0.39, 0.29) is 0 Å². The van der Waals surface area contributed by atoms with Gasteiger partial charge in [-0.2, -0.15) is 0 Å². The Labute approximate surface area is 124 Å². The van der Waals surface area contributed by atoms with Crippen molar-refractivity contribution < 1.29 is 0 Å². The molecule has 0 radical (unpaired) electrons. The van der Waals surface area contributed by atoms with Gasteiger partial charge in [-0.05, 0) is 38.9 Å². The van der Waals surface area contributed by atoms with Gasteiger partial charge in [-0.15, -0.1) is 0 Å². The third-order valence-electron chi connectivity index (χ3n) is 5.04. The van der Waals surface area contributed by atoms with Crippen LogP contribution in [0.1, 0.15) is 31.4 Å². The molecular weight excluding hydrogens is 262 g/mol. The molecule has 0 bridgehead atoms. The van der Waals surface area contributed by atoms with Gasteiger partial charge < -0.3 is 9.88 Å². The Bertz CT molecular complexity index is 784. The van der Waals surface area contributed by atoms with Gasteiger partial charge >= 0.3 is 0 Å². The fourth-order valence-electron chi connectivity index (χ4n) is 3.80. The van der Waals surface area contributed by atoms with Crippen molar-refractivity contribution in [3.05, 3.63) is 30.4 Å². The first kappa shape index (κ1) is 12.8. The van der Waals surface area contributed by atoms with Gasteiger partial charge in [0.1, 0.15) is 0 Å². The quantitative estimate of drug-likeness (QED) is 0.786. The van der Waals surface area contributed by atoms with Crippen molar-refractivity contribution in [2.75, 3.05) is 14.1 Å². The van der Waals surface area contributed by atoms with E-state index >= 15 is 0 Å². The van der Waals surface area contributed by atoms with Crippen molar-refractivity contribution in [3.63, 3.8) is 0 Å². The van der Waals surface area contributed by atoms with Crippen LogP contribution in [-0.2, 0) is 0 Å². The van der Waals surface area contributed by atoms with Crippen LogP contribution in [0.4, 0.5) is 0 Å². The van der Waals surface area contributed by atoms with Crippen molar-refractivity contribution in [1.29, 1.82) is 0 Å². The van der Waals surface area contributed by atoms with Crippen LogP contribution >= 0.6 is 0 Å². The van der Waals surface area contributed by atoms with Crippen molar-refractivity contribution in [1.82, 2.24) is 24.3 Å². The number of hydrogen-bond donors (Lipinski definition) is 1. The summed E-state index contributed by atoms with van der Waals surface area (Å²) in [6, 6.07) is 2.75. The van der Waals surface area contributed by atoms with Crippen molar-refractivity contribution in [2.45, 2.75) is 31.7 Å². The fraction of sp³-hybridized carbons (Fsp3) is 0.500. The molecule has 0 spiro atoms. The predicted molar refractivity (Wildman–Crippen MR) is 83.5 cm³/mol. The minimum absolute atomic E-state index is 0.563.